The predicted octanol–water partition coefficient (Wildman–Crippen LogP) is 6.29. The number of nitrogens with zero attached hydrogens (tertiary/aromatic N) is 1. The van der Waals surface area contributed by atoms with Gasteiger partial charge < -0.3 is 9.72 Å². The molecule has 4 rings (SSSR count). The summed E-state index contributed by atoms with van der Waals surface area (Å²) in [5.74, 6) is 0.312. The standard InChI is InChI=1S/C26H32N2O2/c1-5-6-11-30-25(29)21-14-20(18-8-9-18)16-27-23(21)13-17-7-10-22-19(12-17)15-24(28-22)26(2,3)4/h7,10,12,14-16,18,28H,5-6,8-9,11,13H2,1-4H3. The molecule has 0 spiro atoms. The molecule has 2 heterocycles. The number of hydrogen-bond donors (Lipinski definition) is 1. The quantitative estimate of drug-likeness (QED) is 0.372. The SMILES string of the molecule is CCCCOC(=O)c1cc(C2CC2)cnc1Cc1ccc2[nH]c(C(C)(C)C)cc2c1. The van der Waals surface area contributed by atoms with Gasteiger partial charge in [-0.1, -0.05) is 40.2 Å². The van der Waals surface area contributed by atoms with Crippen molar-refractivity contribution >= 4 is 16.9 Å². The Morgan fingerprint density at radius 3 is 2.70 bits per heavy atom. The van der Waals surface area contributed by atoms with Crippen molar-refractivity contribution in [2.75, 3.05) is 6.61 Å². The zero-order valence-corrected chi connectivity index (χ0v) is 18.5. The molecule has 0 atom stereocenters. The lowest BCUT2D eigenvalue weighted by atomic mass is 9.92. The van der Waals surface area contributed by atoms with Crippen LogP contribution in [0.1, 0.15) is 92.2 Å². The molecule has 0 radical (unpaired) electrons. The number of benzene rings is 1. The topological polar surface area (TPSA) is 55.0 Å². The summed E-state index contributed by atoms with van der Waals surface area (Å²) in [7, 11) is 0. The Kier molecular flexibility index (Phi) is 5.68. The number of carbonyl (C=O) groups is 1. The fraction of sp³-hybridized carbons (Fsp3) is 0.462. The van der Waals surface area contributed by atoms with Crippen LogP contribution < -0.4 is 0 Å². The second kappa shape index (κ2) is 8.25. The van der Waals surface area contributed by atoms with Crippen molar-refractivity contribution in [3.05, 3.63) is 64.6 Å². The minimum atomic E-state index is -0.244. The third-order valence-electron chi connectivity index (χ3n) is 5.86. The average molecular weight is 405 g/mol. The second-order valence-corrected chi connectivity index (χ2v) is 9.56. The number of fused-ring (bicyclic) bond motifs is 1. The van der Waals surface area contributed by atoms with Crippen molar-refractivity contribution in [1.82, 2.24) is 9.97 Å². The molecule has 0 aliphatic heterocycles. The molecule has 1 aliphatic rings. The Hall–Kier alpha value is -2.62. The van der Waals surface area contributed by atoms with E-state index in [0.29, 0.717) is 24.5 Å². The van der Waals surface area contributed by atoms with Gasteiger partial charge >= 0.3 is 5.97 Å². The van der Waals surface area contributed by atoms with Crippen LogP contribution in [0.25, 0.3) is 10.9 Å². The number of carbonyl (C=O) groups excluding carboxylic acids is 1. The van der Waals surface area contributed by atoms with Gasteiger partial charge in [-0.3, -0.25) is 4.98 Å². The molecule has 0 bridgehead atoms. The summed E-state index contributed by atoms with van der Waals surface area (Å²) in [5, 5.41) is 1.19. The highest BCUT2D eigenvalue weighted by molar-refractivity contribution is 5.91. The van der Waals surface area contributed by atoms with E-state index >= 15 is 0 Å². The number of ether oxygens (including phenoxy) is 1. The lowest BCUT2D eigenvalue weighted by molar-refractivity contribution is 0.0498. The van der Waals surface area contributed by atoms with E-state index in [2.05, 4.69) is 56.9 Å². The van der Waals surface area contributed by atoms with E-state index < -0.39 is 0 Å². The van der Waals surface area contributed by atoms with Crippen molar-refractivity contribution in [3.8, 4) is 0 Å². The van der Waals surface area contributed by atoms with E-state index in [1.165, 1.54) is 23.9 Å². The van der Waals surface area contributed by atoms with E-state index in [9.17, 15) is 4.79 Å². The van der Waals surface area contributed by atoms with Crippen LogP contribution in [0.3, 0.4) is 0 Å². The molecule has 1 N–H and O–H groups in total. The normalized spacial score (nSPS) is 14.3. The number of H-pyrrole nitrogens is 1. The highest BCUT2D eigenvalue weighted by Gasteiger charge is 2.26. The number of esters is 1. The molecule has 0 saturated heterocycles. The molecule has 1 aliphatic carbocycles. The number of nitrogens with one attached hydrogen (secondary N) is 1. The highest BCUT2D eigenvalue weighted by Crippen LogP contribution is 2.40. The van der Waals surface area contributed by atoms with E-state index in [1.54, 1.807) is 0 Å². The van der Waals surface area contributed by atoms with Gasteiger partial charge in [0.1, 0.15) is 0 Å². The van der Waals surface area contributed by atoms with Crippen molar-refractivity contribution in [2.45, 2.75) is 71.1 Å². The minimum Gasteiger partial charge on any atom is -0.462 e. The van der Waals surface area contributed by atoms with Gasteiger partial charge in [0.2, 0.25) is 0 Å². The van der Waals surface area contributed by atoms with Crippen molar-refractivity contribution in [3.63, 3.8) is 0 Å². The van der Waals surface area contributed by atoms with Gasteiger partial charge in [-0.2, -0.15) is 0 Å². The summed E-state index contributed by atoms with van der Waals surface area (Å²) in [6, 6.07) is 10.7. The second-order valence-electron chi connectivity index (χ2n) is 9.56. The fourth-order valence-corrected chi connectivity index (χ4v) is 3.74. The monoisotopic (exact) mass is 404 g/mol. The van der Waals surface area contributed by atoms with Gasteiger partial charge in [-0.05, 0) is 66.0 Å². The van der Waals surface area contributed by atoms with Gasteiger partial charge in [0.15, 0.2) is 0 Å². The fourth-order valence-electron chi connectivity index (χ4n) is 3.74. The van der Waals surface area contributed by atoms with Crippen LogP contribution >= 0.6 is 0 Å². The van der Waals surface area contributed by atoms with Crippen LogP contribution in [0, 0.1) is 0 Å². The first-order chi connectivity index (χ1) is 14.3. The summed E-state index contributed by atoms with van der Waals surface area (Å²) in [4.78, 5) is 21.0. The molecule has 1 aromatic carbocycles. The lowest BCUT2D eigenvalue weighted by Gasteiger charge is -2.15. The molecule has 0 unspecified atom stereocenters. The smallest absolute Gasteiger partial charge is 0.340 e. The largest absolute Gasteiger partial charge is 0.462 e. The first kappa shape index (κ1) is 20.6. The molecule has 1 fully saturated rings. The van der Waals surface area contributed by atoms with Crippen LogP contribution in [0.4, 0.5) is 0 Å². The van der Waals surface area contributed by atoms with Crippen LogP contribution in [-0.2, 0) is 16.6 Å². The molecular weight excluding hydrogens is 372 g/mol. The maximum atomic E-state index is 12.8. The Labute approximate surface area is 179 Å². The number of hydrogen-bond acceptors (Lipinski definition) is 3. The number of unbranched alkanes of at least 4 members (excludes halogenated alkanes) is 1. The molecule has 4 heteroatoms. The Balaban J connectivity index is 1.62. The molecule has 4 nitrogen and oxygen atoms in total. The van der Waals surface area contributed by atoms with Crippen LogP contribution in [0.15, 0.2) is 36.5 Å². The molecule has 0 amide bonds. The van der Waals surface area contributed by atoms with Gasteiger partial charge in [0.05, 0.1) is 17.9 Å². The number of rotatable bonds is 7. The van der Waals surface area contributed by atoms with Crippen molar-refractivity contribution in [2.24, 2.45) is 0 Å². The van der Waals surface area contributed by atoms with Gasteiger partial charge in [0.25, 0.3) is 0 Å². The van der Waals surface area contributed by atoms with E-state index in [1.807, 2.05) is 12.3 Å². The highest BCUT2D eigenvalue weighted by atomic mass is 16.5. The summed E-state index contributed by atoms with van der Waals surface area (Å²) < 4.78 is 5.53. The molecule has 158 valence electrons. The Morgan fingerprint density at radius 2 is 2.00 bits per heavy atom. The van der Waals surface area contributed by atoms with Crippen LogP contribution in [0.5, 0.6) is 0 Å². The van der Waals surface area contributed by atoms with Gasteiger partial charge in [-0.25, -0.2) is 4.79 Å². The maximum Gasteiger partial charge on any atom is 0.340 e. The van der Waals surface area contributed by atoms with E-state index in [4.69, 9.17) is 9.72 Å². The number of aromatic amines is 1. The lowest BCUT2D eigenvalue weighted by Crippen LogP contribution is -2.12. The molecule has 1 saturated carbocycles. The zero-order chi connectivity index (χ0) is 21.3. The molecular formula is C26H32N2O2. The summed E-state index contributed by atoms with van der Waals surface area (Å²) in [6.45, 7) is 9.19. The van der Waals surface area contributed by atoms with Crippen LogP contribution in [0.2, 0.25) is 0 Å². The first-order valence-corrected chi connectivity index (χ1v) is 11.1. The first-order valence-electron chi connectivity index (χ1n) is 11.1. The minimum absolute atomic E-state index is 0.0782. The maximum absolute atomic E-state index is 12.8. The third-order valence-corrected chi connectivity index (χ3v) is 5.86. The van der Waals surface area contributed by atoms with Gasteiger partial charge in [0, 0.05) is 29.2 Å². The Morgan fingerprint density at radius 1 is 1.20 bits per heavy atom. The third kappa shape index (κ3) is 4.58. The zero-order valence-electron chi connectivity index (χ0n) is 18.5. The average Bonchev–Trinajstić information content (AvgIpc) is 3.46. The summed E-state index contributed by atoms with van der Waals surface area (Å²) in [6.07, 6.45) is 6.83. The predicted molar refractivity (Wildman–Crippen MR) is 121 cm³/mol. The van der Waals surface area contributed by atoms with Crippen LogP contribution in [-0.4, -0.2) is 22.5 Å². The summed E-state index contributed by atoms with van der Waals surface area (Å²) in [5.41, 5.74) is 6.18. The molecule has 2 aromatic heterocycles. The summed E-state index contributed by atoms with van der Waals surface area (Å²) >= 11 is 0. The molecule has 3 aromatic rings. The Bertz CT molecular complexity index is 1050. The van der Waals surface area contributed by atoms with Crippen molar-refractivity contribution < 1.29 is 9.53 Å². The van der Waals surface area contributed by atoms with E-state index in [-0.39, 0.29) is 11.4 Å². The van der Waals surface area contributed by atoms with Crippen molar-refractivity contribution in [1.29, 1.82) is 0 Å². The van der Waals surface area contributed by atoms with E-state index in [0.717, 1.165) is 35.2 Å². The molecule has 30 heavy (non-hydrogen) atoms. The number of pyridine rings is 1. The number of aromatic nitrogens is 2. The van der Waals surface area contributed by atoms with Gasteiger partial charge in [-0.15, -0.1) is 0 Å².